The molecular weight excluding hydrogens is 429 g/mol. The molecule has 1 aromatic heterocycles. The zero-order valence-electron chi connectivity index (χ0n) is 19.1. The summed E-state index contributed by atoms with van der Waals surface area (Å²) in [6.45, 7) is 4.66. The summed E-state index contributed by atoms with van der Waals surface area (Å²) in [7, 11) is 1.42. The van der Waals surface area contributed by atoms with Gasteiger partial charge >= 0.3 is 5.97 Å². The van der Waals surface area contributed by atoms with Crippen molar-refractivity contribution in [3.05, 3.63) is 46.5 Å². The van der Waals surface area contributed by atoms with E-state index in [1.807, 2.05) is 11.6 Å². The molecule has 0 atom stereocenters. The number of aromatic nitrogens is 2. The van der Waals surface area contributed by atoms with Gasteiger partial charge in [0.25, 0.3) is 5.91 Å². The summed E-state index contributed by atoms with van der Waals surface area (Å²) >= 11 is 0. The van der Waals surface area contributed by atoms with Crippen molar-refractivity contribution < 1.29 is 28.2 Å². The maximum absolute atomic E-state index is 13.6. The molecule has 1 fully saturated rings. The normalized spacial score (nSPS) is 17.2. The van der Waals surface area contributed by atoms with E-state index in [4.69, 9.17) is 19.3 Å². The van der Waals surface area contributed by atoms with E-state index in [1.165, 1.54) is 19.2 Å². The van der Waals surface area contributed by atoms with Crippen LogP contribution in [-0.4, -0.2) is 55.1 Å². The molecule has 3 heterocycles. The first-order chi connectivity index (χ1) is 16.0. The number of halogens is 1. The fourth-order valence-electron chi connectivity index (χ4n) is 4.65. The van der Waals surface area contributed by atoms with Crippen molar-refractivity contribution in [2.24, 2.45) is 5.41 Å². The highest BCUT2D eigenvalue weighted by molar-refractivity contribution is 5.97. The summed E-state index contributed by atoms with van der Waals surface area (Å²) in [6, 6.07) is 3.73. The third-order valence-corrected chi connectivity index (χ3v) is 6.54. The number of rotatable bonds is 7. The van der Waals surface area contributed by atoms with Crippen molar-refractivity contribution in [1.29, 1.82) is 0 Å². The van der Waals surface area contributed by atoms with E-state index in [2.05, 4.69) is 5.32 Å². The van der Waals surface area contributed by atoms with Gasteiger partial charge in [0.05, 0.1) is 30.7 Å². The molecule has 178 valence electrons. The lowest BCUT2D eigenvalue weighted by Crippen LogP contribution is -2.40. The minimum Gasteiger partial charge on any atom is -0.496 e. The van der Waals surface area contributed by atoms with Gasteiger partial charge in [-0.15, -0.1) is 0 Å². The van der Waals surface area contributed by atoms with Gasteiger partial charge in [0.1, 0.15) is 17.1 Å². The molecule has 0 unspecified atom stereocenters. The highest BCUT2D eigenvalue weighted by Crippen LogP contribution is 2.37. The number of fused-ring (bicyclic) bond motifs is 1. The van der Waals surface area contributed by atoms with E-state index in [9.17, 15) is 14.0 Å². The van der Waals surface area contributed by atoms with Crippen LogP contribution < -0.4 is 10.1 Å². The van der Waals surface area contributed by atoms with Gasteiger partial charge in [0.15, 0.2) is 0 Å². The van der Waals surface area contributed by atoms with Crippen LogP contribution in [-0.2, 0) is 28.9 Å². The van der Waals surface area contributed by atoms with Gasteiger partial charge in [-0.3, -0.25) is 9.48 Å². The number of benzene rings is 1. The zero-order valence-corrected chi connectivity index (χ0v) is 19.1. The molecule has 9 heteroatoms. The van der Waals surface area contributed by atoms with Gasteiger partial charge in [0.2, 0.25) is 0 Å². The Hall–Kier alpha value is -2.94. The topological polar surface area (TPSA) is 91.7 Å². The second-order valence-electron chi connectivity index (χ2n) is 8.65. The monoisotopic (exact) mass is 459 g/mol. The molecule has 4 rings (SSSR count). The molecule has 1 saturated heterocycles. The van der Waals surface area contributed by atoms with Crippen LogP contribution in [0.15, 0.2) is 18.2 Å². The molecule has 33 heavy (non-hydrogen) atoms. The highest BCUT2D eigenvalue weighted by atomic mass is 19.1. The van der Waals surface area contributed by atoms with Crippen LogP contribution in [0.1, 0.15) is 58.3 Å². The van der Waals surface area contributed by atoms with E-state index in [1.54, 1.807) is 0 Å². The Labute approximate surface area is 192 Å². The van der Waals surface area contributed by atoms with Crippen LogP contribution in [0.4, 0.5) is 4.39 Å². The summed E-state index contributed by atoms with van der Waals surface area (Å²) in [6.07, 6.45) is 3.72. The fourth-order valence-corrected chi connectivity index (χ4v) is 4.65. The van der Waals surface area contributed by atoms with Crippen molar-refractivity contribution >= 4 is 11.9 Å². The SMILES string of the molecule is CCc1nn(CCCOC(=O)c2cc(F)ccc2OC)c2c1C(=O)NCC1(CCOCC1)C2. The molecule has 2 aliphatic rings. The number of amides is 1. The summed E-state index contributed by atoms with van der Waals surface area (Å²) in [4.78, 5) is 25.3. The molecule has 0 radical (unpaired) electrons. The molecule has 2 aromatic rings. The number of carbonyl (C=O) groups is 2. The van der Waals surface area contributed by atoms with Crippen molar-refractivity contribution in [3.63, 3.8) is 0 Å². The minimum absolute atomic E-state index is 0.0254. The Morgan fingerprint density at radius 3 is 2.85 bits per heavy atom. The van der Waals surface area contributed by atoms with Crippen molar-refractivity contribution in [2.45, 2.75) is 45.6 Å². The highest BCUT2D eigenvalue weighted by Gasteiger charge is 2.39. The van der Waals surface area contributed by atoms with Crippen LogP contribution in [0, 0.1) is 11.2 Å². The number of carbonyl (C=O) groups excluding carboxylic acids is 2. The average Bonchev–Trinajstić information content (AvgIpc) is 3.10. The quantitative estimate of drug-likeness (QED) is 0.506. The number of methoxy groups -OCH3 is 1. The molecule has 8 nitrogen and oxygen atoms in total. The van der Waals surface area contributed by atoms with Crippen LogP contribution in [0.3, 0.4) is 0 Å². The molecule has 1 amide bonds. The second kappa shape index (κ2) is 9.91. The van der Waals surface area contributed by atoms with Crippen molar-refractivity contribution in [2.75, 3.05) is 33.5 Å². The van der Waals surface area contributed by atoms with Crippen LogP contribution in [0.5, 0.6) is 5.75 Å². The molecule has 0 bridgehead atoms. The Bertz CT molecular complexity index is 1030. The Morgan fingerprint density at radius 2 is 2.12 bits per heavy atom. The van der Waals surface area contributed by atoms with E-state index in [0.717, 1.165) is 36.7 Å². The minimum atomic E-state index is -0.638. The van der Waals surface area contributed by atoms with Crippen LogP contribution >= 0.6 is 0 Å². The van der Waals surface area contributed by atoms with Crippen molar-refractivity contribution in [1.82, 2.24) is 15.1 Å². The molecule has 0 aliphatic carbocycles. The maximum Gasteiger partial charge on any atom is 0.342 e. The van der Waals surface area contributed by atoms with E-state index < -0.39 is 11.8 Å². The number of nitrogens with one attached hydrogen (secondary N) is 1. The number of hydrogen-bond donors (Lipinski definition) is 1. The van der Waals surface area contributed by atoms with Gasteiger partial charge in [-0.05, 0) is 49.3 Å². The van der Waals surface area contributed by atoms with Crippen molar-refractivity contribution in [3.8, 4) is 5.75 Å². The second-order valence-corrected chi connectivity index (χ2v) is 8.65. The number of aryl methyl sites for hydroxylation is 2. The first-order valence-electron chi connectivity index (χ1n) is 11.4. The molecule has 2 aliphatic heterocycles. The summed E-state index contributed by atoms with van der Waals surface area (Å²) in [5.74, 6) is -0.977. The fraction of sp³-hybridized carbons (Fsp3) is 0.542. The first-order valence-corrected chi connectivity index (χ1v) is 11.4. The lowest BCUT2D eigenvalue weighted by molar-refractivity contribution is 0.0152. The van der Waals surface area contributed by atoms with Gasteiger partial charge in [-0.2, -0.15) is 5.10 Å². The molecular formula is C24H30FN3O5. The summed E-state index contributed by atoms with van der Waals surface area (Å²) in [5, 5.41) is 7.81. The third kappa shape index (κ3) is 4.88. The van der Waals surface area contributed by atoms with E-state index in [-0.39, 0.29) is 29.2 Å². The Kier molecular flexibility index (Phi) is 6.97. The zero-order chi connectivity index (χ0) is 23.4. The molecule has 1 spiro atoms. The lowest BCUT2D eigenvalue weighted by Gasteiger charge is -2.36. The summed E-state index contributed by atoms with van der Waals surface area (Å²) in [5.41, 5.74) is 2.44. The molecule has 0 saturated carbocycles. The van der Waals surface area contributed by atoms with Gasteiger partial charge < -0.3 is 19.5 Å². The predicted octanol–water partition coefficient (Wildman–Crippen LogP) is 2.92. The lowest BCUT2D eigenvalue weighted by atomic mass is 9.76. The largest absolute Gasteiger partial charge is 0.496 e. The van der Waals surface area contributed by atoms with Crippen LogP contribution in [0.25, 0.3) is 0 Å². The maximum atomic E-state index is 13.6. The van der Waals surface area contributed by atoms with Gasteiger partial charge in [0, 0.05) is 32.7 Å². The number of esters is 1. The molecule has 1 N–H and O–H groups in total. The first kappa shape index (κ1) is 23.2. The number of nitrogens with zero attached hydrogens (tertiary/aromatic N) is 2. The Balaban J connectivity index is 1.45. The third-order valence-electron chi connectivity index (χ3n) is 6.54. The number of hydrogen-bond acceptors (Lipinski definition) is 6. The summed E-state index contributed by atoms with van der Waals surface area (Å²) < 4.78 is 31.5. The van der Waals surface area contributed by atoms with Gasteiger partial charge in [-0.1, -0.05) is 6.92 Å². The molecule has 1 aromatic carbocycles. The van der Waals surface area contributed by atoms with E-state index in [0.29, 0.717) is 44.7 Å². The number of ether oxygens (including phenoxy) is 3. The smallest absolute Gasteiger partial charge is 0.342 e. The Morgan fingerprint density at radius 1 is 1.33 bits per heavy atom. The van der Waals surface area contributed by atoms with E-state index >= 15 is 0 Å². The standard InChI is InChI=1S/C24H30FN3O5/c1-3-18-21-19(14-24(15-26-22(21)29)7-11-32-12-8-24)28(27-18)9-4-10-33-23(30)17-13-16(25)5-6-20(17)31-2/h5-6,13H,3-4,7-12,14-15H2,1-2H3,(H,26,29). The predicted molar refractivity (Wildman–Crippen MR) is 118 cm³/mol. The average molecular weight is 460 g/mol. The van der Waals surface area contributed by atoms with Gasteiger partial charge in [-0.25, -0.2) is 9.18 Å². The van der Waals surface area contributed by atoms with Crippen LogP contribution in [0.2, 0.25) is 0 Å².